The second-order valence-corrected chi connectivity index (χ2v) is 11.2. The third kappa shape index (κ3) is 5.56. The van der Waals surface area contributed by atoms with Crippen molar-refractivity contribution in [3.63, 3.8) is 0 Å². The van der Waals surface area contributed by atoms with Crippen LogP contribution in [0.1, 0.15) is 18.7 Å². The first-order valence-electron chi connectivity index (χ1n) is 13.8. The summed E-state index contributed by atoms with van der Waals surface area (Å²) in [5.74, 6) is -2.66. The lowest BCUT2D eigenvalue weighted by Crippen LogP contribution is -2.24. The first-order chi connectivity index (χ1) is 21.7. The Bertz CT molecular complexity index is 2090. The van der Waals surface area contributed by atoms with Crippen molar-refractivity contribution in [1.82, 2.24) is 30.3 Å². The largest absolute Gasteiger partial charge is 0.490 e. The van der Waals surface area contributed by atoms with Crippen LogP contribution in [0.25, 0.3) is 54.8 Å². The number of aryl methyl sites for hydroxylation is 1. The fraction of sp³-hybridized carbons (Fsp3) is 0.188. The Labute approximate surface area is 259 Å². The Balaban J connectivity index is 1.64. The fourth-order valence-electron chi connectivity index (χ4n) is 5.17. The lowest BCUT2D eigenvalue weighted by molar-refractivity contribution is -0.117. The van der Waals surface area contributed by atoms with Gasteiger partial charge in [0.25, 0.3) is 0 Å². The SMILES string of the molecule is C=CC(=O)NC(C)c1cc(-c2nc(-c3cc4cnn(C)c4cc3F)c3ccsc3c2-c2c(F)cc(F)cc2OCCOC)n[nH]1. The highest BCUT2D eigenvalue weighted by atomic mass is 32.1. The fourth-order valence-corrected chi connectivity index (χ4v) is 6.12. The summed E-state index contributed by atoms with van der Waals surface area (Å²) in [5, 5.41) is 17.4. The summed E-state index contributed by atoms with van der Waals surface area (Å²) < 4.78 is 59.2. The number of methoxy groups -OCH3 is 1. The molecule has 0 saturated heterocycles. The van der Waals surface area contributed by atoms with Gasteiger partial charge in [0.2, 0.25) is 5.91 Å². The van der Waals surface area contributed by atoms with Crippen molar-refractivity contribution in [3.05, 3.63) is 83.8 Å². The number of thiophene rings is 1. The minimum atomic E-state index is -0.877. The first-order valence-corrected chi connectivity index (χ1v) is 14.7. The smallest absolute Gasteiger partial charge is 0.243 e. The molecule has 2 aromatic carbocycles. The topological polar surface area (TPSA) is 107 Å². The summed E-state index contributed by atoms with van der Waals surface area (Å²) in [6, 6.07) is 7.88. The number of benzene rings is 2. The third-order valence-corrected chi connectivity index (χ3v) is 8.29. The third-order valence-electron chi connectivity index (χ3n) is 7.36. The van der Waals surface area contributed by atoms with Gasteiger partial charge in [0.1, 0.15) is 41.2 Å². The predicted octanol–water partition coefficient (Wildman–Crippen LogP) is 6.71. The van der Waals surface area contributed by atoms with E-state index in [0.717, 1.165) is 18.2 Å². The van der Waals surface area contributed by atoms with Crippen LogP contribution < -0.4 is 10.1 Å². The summed E-state index contributed by atoms with van der Waals surface area (Å²) in [6.07, 6.45) is 2.79. The highest BCUT2D eigenvalue weighted by Crippen LogP contribution is 2.47. The summed E-state index contributed by atoms with van der Waals surface area (Å²) in [6.45, 7) is 5.45. The summed E-state index contributed by atoms with van der Waals surface area (Å²) in [5.41, 5.74) is 2.38. The molecule has 9 nitrogen and oxygen atoms in total. The van der Waals surface area contributed by atoms with Crippen molar-refractivity contribution in [2.45, 2.75) is 13.0 Å². The van der Waals surface area contributed by atoms with Crippen LogP contribution in [0.2, 0.25) is 0 Å². The van der Waals surface area contributed by atoms with Crippen molar-refractivity contribution in [2.75, 3.05) is 20.3 Å². The molecule has 0 bridgehead atoms. The van der Waals surface area contributed by atoms with Crippen molar-refractivity contribution in [1.29, 1.82) is 0 Å². The second kappa shape index (κ2) is 12.2. The quantitative estimate of drug-likeness (QED) is 0.128. The van der Waals surface area contributed by atoms with E-state index in [2.05, 4.69) is 27.2 Å². The number of H-pyrrole nitrogens is 1. The van der Waals surface area contributed by atoms with E-state index >= 15 is 8.78 Å². The number of aromatic amines is 1. The minimum absolute atomic E-state index is 0.0320. The van der Waals surface area contributed by atoms with Crippen LogP contribution in [-0.4, -0.2) is 51.2 Å². The van der Waals surface area contributed by atoms with Gasteiger partial charge in [-0.2, -0.15) is 10.2 Å². The first kappa shape index (κ1) is 30.0. The van der Waals surface area contributed by atoms with E-state index in [0.29, 0.717) is 32.4 Å². The Morgan fingerprint density at radius 3 is 2.73 bits per heavy atom. The van der Waals surface area contributed by atoms with Gasteiger partial charge in [-0.25, -0.2) is 18.2 Å². The number of fused-ring (bicyclic) bond motifs is 2. The number of ether oxygens (including phenoxy) is 2. The zero-order chi connectivity index (χ0) is 31.8. The van der Waals surface area contributed by atoms with Gasteiger partial charge in [0.05, 0.1) is 41.3 Å². The van der Waals surface area contributed by atoms with Gasteiger partial charge in [-0.1, -0.05) is 6.58 Å². The molecular formula is C32H27F3N6O3S. The summed E-state index contributed by atoms with van der Waals surface area (Å²) in [4.78, 5) is 16.9. The van der Waals surface area contributed by atoms with E-state index in [9.17, 15) is 9.18 Å². The average molecular weight is 633 g/mol. The predicted molar refractivity (Wildman–Crippen MR) is 166 cm³/mol. The van der Waals surface area contributed by atoms with E-state index in [1.807, 2.05) is 0 Å². The molecule has 6 aromatic rings. The molecule has 0 spiro atoms. The van der Waals surface area contributed by atoms with Crippen LogP contribution in [0.4, 0.5) is 13.2 Å². The van der Waals surface area contributed by atoms with Crippen LogP contribution >= 0.6 is 11.3 Å². The molecule has 2 N–H and O–H groups in total. The second-order valence-electron chi connectivity index (χ2n) is 10.3. The molecule has 0 aliphatic carbocycles. The van der Waals surface area contributed by atoms with Crippen LogP contribution in [-0.2, 0) is 16.6 Å². The van der Waals surface area contributed by atoms with Gasteiger partial charge < -0.3 is 14.8 Å². The van der Waals surface area contributed by atoms with Gasteiger partial charge >= 0.3 is 0 Å². The Morgan fingerprint density at radius 1 is 1.13 bits per heavy atom. The molecule has 45 heavy (non-hydrogen) atoms. The van der Waals surface area contributed by atoms with Gasteiger partial charge in [-0.3, -0.25) is 14.6 Å². The van der Waals surface area contributed by atoms with Gasteiger partial charge in [0.15, 0.2) is 0 Å². The number of pyridine rings is 1. The normalized spacial score (nSPS) is 12.1. The minimum Gasteiger partial charge on any atom is -0.490 e. The lowest BCUT2D eigenvalue weighted by atomic mass is 9.96. The van der Waals surface area contributed by atoms with Crippen LogP contribution in [0, 0.1) is 17.5 Å². The van der Waals surface area contributed by atoms with Gasteiger partial charge in [-0.05, 0) is 36.6 Å². The molecule has 1 amide bonds. The van der Waals surface area contributed by atoms with Crippen LogP contribution in [0.15, 0.2) is 60.6 Å². The van der Waals surface area contributed by atoms with Crippen molar-refractivity contribution in [2.24, 2.45) is 7.05 Å². The average Bonchev–Trinajstić information content (AvgIpc) is 3.77. The highest BCUT2D eigenvalue weighted by Gasteiger charge is 2.28. The molecule has 230 valence electrons. The zero-order valence-electron chi connectivity index (χ0n) is 24.5. The molecular weight excluding hydrogens is 605 g/mol. The zero-order valence-corrected chi connectivity index (χ0v) is 25.3. The number of nitrogens with zero attached hydrogens (tertiary/aromatic N) is 4. The number of hydrogen-bond donors (Lipinski definition) is 2. The molecule has 0 aliphatic heterocycles. The highest BCUT2D eigenvalue weighted by molar-refractivity contribution is 7.18. The molecule has 0 saturated carbocycles. The number of amides is 1. The molecule has 1 atom stereocenters. The molecule has 0 fully saturated rings. The lowest BCUT2D eigenvalue weighted by Gasteiger charge is -2.17. The number of halogens is 3. The molecule has 0 radical (unpaired) electrons. The number of carbonyl (C=O) groups is 1. The van der Waals surface area contributed by atoms with E-state index in [4.69, 9.17) is 14.5 Å². The van der Waals surface area contributed by atoms with Crippen LogP contribution in [0.3, 0.4) is 0 Å². The Hall–Kier alpha value is -5.01. The number of aromatic nitrogens is 5. The van der Waals surface area contributed by atoms with Crippen molar-refractivity contribution >= 4 is 38.2 Å². The van der Waals surface area contributed by atoms with Crippen molar-refractivity contribution < 1.29 is 27.4 Å². The molecule has 4 aromatic heterocycles. The number of carbonyl (C=O) groups excluding carboxylic acids is 1. The summed E-state index contributed by atoms with van der Waals surface area (Å²) in [7, 11) is 3.21. The van der Waals surface area contributed by atoms with E-state index in [1.54, 1.807) is 48.4 Å². The maximum atomic E-state index is 15.9. The van der Waals surface area contributed by atoms with Gasteiger partial charge in [-0.15, -0.1) is 11.3 Å². The van der Waals surface area contributed by atoms with E-state index < -0.39 is 23.5 Å². The number of hydrogen-bond acceptors (Lipinski definition) is 7. The van der Waals surface area contributed by atoms with E-state index in [1.165, 1.54) is 24.5 Å². The molecule has 4 heterocycles. The van der Waals surface area contributed by atoms with Gasteiger partial charge in [0, 0.05) is 59.0 Å². The number of rotatable bonds is 10. The molecule has 13 heteroatoms. The summed E-state index contributed by atoms with van der Waals surface area (Å²) >= 11 is 1.29. The molecule has 0 aliphatic rings. The molecule has 1 unspecified atom stereocenters. The standard InChI is InChI=1S/C32H27F3N6O3S/c1-5-27(42)37-16(2)23-14-24(40-39-23)31-29(28-22(35)11-18(33)12-26(28)44-8-7-43-4)32-19(6-9-45-32)30(38-31)20-10-17-15-36-41(3)25(17)13-21(20)34/h5-6,9-16H,1,7-8H2,2-4H3,(H,37,42)(H,39,40). The van der Waals surface area contributed by atoms with Crippen LogP contribution in [0.5, 0.6) is 5.75 Å². The Kier molecular flexibility index (Phi) is 8.12. The molecule has 6 rings (SSSR count). The monoisotopic (exact) mass is 632 g/mol. The maximum absolute atomic E-state index is 15.9. The maximum Gasteiger partial charge on any atom is 0.243 e. The number of nitrogens with one attached hydrogen (secondary N) is 2. The Morgan fingerprint density at radius 2 is 1.96 bits per heavy atom. The van der Waals surface area contributed by atoms with E-state index in [-0.39, 0.29) is 52.9 Å². The van der Waals surface area contributed by atoms with Crippen molar-refractivity contribution in [3.8, 4) is 39.5 Å².